The van der Waals surface area contributed by atoms with Crippen molar-refractivity contribution in [3.63, 3.8) is 0 Å². The molecule has 0 spiro atoms. The Kier molecular flexibility index (Phi) is 21.3. The molecule has 0 atom stereocenters. The molecule has 0 fully saturated rings. The lowest BCUT2D eigenvalue weighted by molar-refractivity contribution is -0.146. The van der Waals surface area contributed by atoms with E-state index in [4.69, 9.17) is 9.47 Å². The van der Waals surface area contributed by atoms with Gasteiger partial charge in [0, 0.05) is 24.5 Å². The smallest absolute Gasteiger partial charge is 0.306 e. The largest absolute Gasteiger partial charge is 0.466 e. The summed E-state index contributed by atoms with van der Waals surface area (Å²) in [5.41, 5.74) is -0.244. The van der Waals surface area contributed by atoms with E-state index in [9.17, 15) is 22.8 Å². The third-order valence-corrected chi connectivity index (χ3v) is 7.00. The van der Waals surface area contributed by atoms with E-state index in [1.54, 1.807) is 0 Å². The average Bonchev–Trinajstić information content (AvgIpc) is 2.91. The molecule has 7 heteroatoms. The van der Waals surface area contributed by atoms with E-state index < -0.39 is 30.0 Å². The first-order valence-corrected chi connectivity index (χ1v) is 15.4. The molecule has 0 saturated carbocycles. The molecule has 4 nitrogen and oxygen atoms in total. The second-order valence-corrected chi connectivity index (χ2v) is 10.6. The number of unbranched alkanes of at least 4 members (excludes halogenated alkanes) is 17. The summed E-state index contributed by atoms with van der Waals surface area (Å²) >= 11 is 0. The molecule has 0 N–H and O–H groups in total. The normalized spacial score (nSPS) is 11.1. The summed E-state index contributed by atoms with van der Waals surface area (Å²) in [5.74, 6) is -4.49. The zero-order chi connectivity index (χ0) is 28.6. The van der Waals surface area contributed by atoms with Crippen molar-refractivity contribution in [3.8, 4) is 0 Å². The molecule has 0 amide bonds. The summed E-state index contributed by atoms with van der Waals surface area (Å²) < 4.78 is 49.7. The van der Waals surface area contributed by atoms with Crippen LogP contribution in [0.15, 0.2) is 12.1 Å². The van der Waals surface area contributed by atoms with Crippen molar-refractivity contribution >= 4 is 11.9 Å². The fraction of sp³-hybridized carbons (Fsp3) is 0.750. The van der Waals surface area contributed by atoms with Crippen molar-refractivity contribution < 1.29 is 32.2 Å². The van der Waals surface area contributed by atoms with Crippen LogP contribution < -0.4 is 0 Å². The van der Waals surface area contributed by atoms with Crippen LogP contribution in [0.1, 0.15) is 147 Å². The first-order chi connectivity index (χ1) is 18.9. The van der Waals surface area contributed by atoms with Crippen LogP contribution in [-0.2, 0) is 25.7 Å². The number of carbonyl (C=O) groups is 2. The van der Waals surface area contributed by atoms with Gasteiger partial charge >= 0.3 is 11.9 Å². The van der Waals surface area contributed by atoms with Gasteiger partial charge in [0.05, 0.1) is 6.61 Å². The van der Waals surface area contributed by atoms with Gasteiger partial charge in [-0.15, -0.1) is 0 Å². The minimum Gasteiger partial charge on any atom is -0.466 e. The van der Waals surface area contributed by atoms with E-state index >= 15 is 0 Å². The monoisotopic (exact) mass is 556 g/mol. The number of rotatable bonds is 25. The Morgan fingerprint density at radius 1 is 0.538 bits per heavy atom. The minimum atomic E-state index is -1.30. The summed E-state index contributed by atoms with van der Waals surface area (Å²) in [5, 5.41) is 0. The zero-order valence-corrected chi connectivity index (χ0v) is 24.2. The van der Waals surface area contributed by atoms with E-state index in [-0.39, 0.29) is 30.8 Å². The van der Waals surface area contributed by atoms with E-state index in [0.717, 1.165) is 19.3 Å². The molecule has 0 aliphatic carbocycles. The Morgan fingerprint density at radius 2 is 0.949 bits per heavy atom. The van der Waals surface area contributed by atoms with Gasteiger partial charge in [-0.1, -0.05) is 116 Å². The molecule has 1 aromatic rings. The summed E-state index contributed by atoms with van der Waals surface area (Å²) in [6.07, 6.45) is 23.8. The van der Waals surface area contributed by atoms with Crippen LogP contribution in [0.4, 0.5) is 13.2 Å². The Morgan fingerprint density at radius 3 is 1.44 bits per heavy atom. The van der Waals surface area contributed by atoms with E-state index in [0.29, 0.717) is 18.7 Å². The molecular weight excluding hydrogens is 505 g/mol. The van der Waals surface area contributed by atoms with Crippen LogP contribution in [0.5, 0.6) is 0 Å². The second-order valence-electron chi connectivity index (χ2n) is 10.6. The summed E-state index contributed by atoms with van der Waals surface area (Å²) in [7, 11) is 0. The predicted molar refractivity (Wildman–Crippen MR) is 150 cm³/mol. The number of halogens is 3. The third kappa shape index (κ3) is 19.6. The predicted octanol–water partition coefficient (Wildman–Crippen LogP) is 9.90. The molecule has 0 radical (unpaired) electrons. The molecule has 39 heavy (non-hydrogen) atoms. The summed E-state index contributed by atoms with van der Waals surface area (Å²) in [4.78, 5) is 23.5. The quantitative estimate of drug-likeness (QED) is 0.0683. The number of hydrogen-bond donors (Lipinski definition) is 0. The minimum absolute atomic E-state index is 0.0421. The van der Waals surface area contributed by atoms with E-state index in [2.05, 4.69) is 6.92 Å². The molecule has 0 aliphatic rings. The number of esters is 2. The van der Waals surface area contributed by atoms with Gasteiger partial charge in [0.15, 0.2) is 11.6 Å². The number of ether oxygens (including phenoxy) is 2. The van der Waals surface area contributed by atoms with Gasteiger partial charge in [-0.3, -0.25) is 9.59 Å². The lowest BCUT2D eigenvalue weighted by atomic mass is 10.0. The molecule has 1 aromatic carbocycles. The zero-order valence-electron chi connectivity index (χ0n) is 24.2. The standard InChI is InChI=1S/C32H51F3O4/c1-2-3-4-5-6-7-8-9-10-11-12-13-14-15-16-17-18-19-23-38-31(36)21-20-22-32(37)39-26-27-24-29(34)30(35)25-28(27)33/h24-25H,2-23,26H2,1H3. The highest BCUT2D eigenvalue weighted by Gasteiger charge is 2.12. The van der Waals surface area contributed by atoms with Crippen LogP contribution in [0.2, 0.25) is 0 Å². The third-order valence-electron chi connectivity index (χ3n) is 7.00. The number of benzene rings is 1. The van der Waals surface area contributed by atoms with Gasteiger partial charge in [0.1, 0.15) is 12.4 Å². The Balaban J connectivity index is 1.84. The molecule has 0 bridgehead atoms. The molecule has 1 rings (SSSR count). The van der Waals surface area contributed by atoms with Gasteiger partial charge in [-0.2, -0.15) is 0 Å². The SMILES string of the molecule is CCCCCCCCCCCCCCCCCCCCOC(=O)CCCC(=O)OCc1cc(F)c(F)cc1F. The van der Waals surface area contributed by atoms with Gasteiger partial charge in [-0.05, 0) is 18.9 Å². The van der Waals surface area contributed by atoms with Crippen LogP contribution >= 0.6 is 0 Å². The van der Waals surface area contributed by atoms with Crippen LogP contribution in [0.25, 0.3) is 0 Å². The molecule has 224 valence electrons. The topological polar surface area (TPSA) is 52.6 Å². The number of hydrogen-bond acceptors (Lipinski definition) is 4. The Bertz CT molecular complexity index is 785. The molecular formula is C32H51F3O4. The summed E-state index contributed by atoms with van der Waals surface area (Å²) in [6.45, 7) is 2.16. The van der Waals surface area contributed by atoms with Crippen molar-refractivity contribution in [2.24, 2.45) is 0 Å². The van der Waals surface area contributed by atoms with Crippen molar-refractivity contribution in [2.75, 3.05) is 6.61 Å². The molecule has 0 aromatic heterocycles. The highest BCUT2D eigenvalue weighted by Crippen LogP contribution is 2.16. The first kappa shape index (κ1) is 35.0. The Labute approximate surface area is 234 Å². The van der Waals surface area contributed by atoms with Gasteiger partial charge in [0.25, 0.3) is 0 Å². The van der Waals surface area contributed by atoms with Crippen LogP contribution in [-0.4, -0.2) is 18.5 Å². The maximum atomic E-state index is 13.5. The fourth-order valence-electron chi connectivity index (χ4n) is 4.54. The maximum absolute atomic E-state index is 13.5. The average molecular weight is 557 g/mol. The van der Waals surface area contributed by atoms with Crippen molar-refractivity contribution in [1.82, 2.24) is 0 Å². The molecule has 0 aliphatic heterocycles. The molecule has 0 unspecified atom stereocenters. The van der Waals surface area contributed by atoms with Crippen molar-refractivity contribution in [1.29, 1.82) is 0 Å². The van der Waals surface area contributed by atoms with Crippen LogP contribution in [0.3, 0.4) is 0 Å². The lowest BCUT2D eigenvalue weighted by Gasteiger charge is -2.07. The molecule has 0 saturated heterocycles. The fourth-order valence-corrected chi connectivity index (χ4v) is 4.54. The number of carbonyl (C=O) groups excluding carboxylic acids is 2. The van der Waals surface area contributed by atoms with Gasteiger partial charge < -0.3 is 9.47 Å². The van der Waals surface area contributed by atoms with Gasteiger partial charge in [0.2, 0.25) is 0 Å². The van der Waals surface area contributed by atoms with Crippen molar-refractivity contribution in [2.45, 2.75) is 148 Å². The first-order valence-electron chi connectivity index (χ1n) is 15.4. The maximum Gasteiger partial charge on any atom is 0.306 e. The lowest BCUT2D eigenvalue weighted by Crippen LogP contribution is -2.09. The molecule has 0 heterocycles. The highest BCUT2D eigenvalue weighted by atomic mass is 19.2. The summed E-state index contributed by atoms with van der Waals surface area (Å²) in [6, 6.07) is 1.07. The van der Waals surface area contributed by atoms with E-state index in [1.807, 2.05) is 0 Å². The van der Waals surface area contributed by atoms with E-state index in [1.165, 1.54) is 96.3 Å². The second kappa shape index (κ2) is 23.8. The Hall–Kier alpha value is -2.05. The van der Waals surface area contributed by atoms with Gasteiger partial charge in [-0.25, -0.2) is 13.2 Å². The highest BCUT2D eigenvalue weighted by molar-refractivity contribution is 5.72. The van der Waals surface area contributed by atoms with Crippen LogP contribution in [0, 0.1) is 17.5 Å². The van der Waals surface area contributed by atoms with Crippen molar-refractivity contribution in [3.05, 3.63) is 35.1 Å².